The van der Waals surface area contributed by atoms with E-state index in [9.17, 15) is 8.42 Å². The van der Waals surface area contributed by atoms with Crippen molar-refractivity contribution in [2.45, 2.75) is 31.8 Å². The number of nitrogens with two attached hydrogens (primary N) is 1. The minimum absolute atomic E-state index is 0.216. The average molecular weight is 393 g/mol. The molecular formula is C12H17BrN4O2S2. The molecule has 0 bridgehead atoms. The summed E-state index contributed by atoms with van der Waals surface area (Å²) in [5.41, 5.74) is 8.21. The number of halogens is 1. The first-order valence-electron chi connectivity index (χ1n) is 6.23. The van der Waals surface area contributed by atoms with Crippen LogP contribution < -0.4 is 10.5 Å². The highest BCUT2D eigenvalue weighted by Crippen LogP contribution is 2.31. The molecule has 0 saturated carbocycles. The Labute approximate surface area is 136 Å². The molecule has 0 saturated heterocycles. The lowest BCUT2D eigenvalue weighted by atomic mass is 10.2. The van der Waals surface area contributed by atoms with Crippen LogP contribution in [-0.2, 0) is 30.2 Å². The van der Waals surface area contributed by atoms with Crippen LogP contribution in [0.2, 0.25) is 0 Å². The van der Waals surface area contributed by atoms with Gasteiger partial charge >= 0.3 is 0 Å². The van der Waals surface area contributed by atoms with Crippen molar-refractivity contribution in [3.8, 4) is 0 Å². The van der Waals surface area contributed by atoms with Gasteiger partial charge in [-0.15, -0.1) is 11.3 Å². The van der Waals surface area contributed by atoms with Gasteiger partial charge in [0.2, 0.25) is 10.0 Å². The standard InChI is InChI=1S/C12H17BrN4O2S2/c1-7-10(8(2)17(3)16-7)6-15-21(18,19)11-4-9(5-14)20-12(11)13/h4,15H,5-6,14H2,1-3H3. The van der Waals surface area contributed by atoms with Crippen LogP contribution in [0.15, 0.2) is 14.7 Å². The van der Waals surface area contributed by atoms with Gasteiger partial charge in [0.1, 0.15) is 4.90 Å². The molecule has 0 aliphatic carbocycles. The van der Waals surface area contributed by atoms with Gasteiger partial charge in [0.25, 0.3) is 0 Å². The van der Waals surface area contributed by atoms with Crippen LogP contribution >= 0.6 is 27.3 Å². The molecule has 0 spiro atoms. The van der Waals surface area contributed by atoms with Crippen molar-refractivity contribution in [2.24, 2.45) is 12.8 Å². The highest BCUT2D eigenvalue weighted by Gasteiger charge is 2.21. The molecule has 2 aromatic rings. The van der Waals surface area contributed by atoms with Crippen molar-refractivity contribution in [1.82, 2.24) is 14.5 Å². The minimum Gasteiger partial charge on any atom is -0.326 e. The number of aromatic nitrogens is 2. The molecule has 9 heteroatoms. The Morgan fingerprint density at radius 2 is 2.14 bits per heavy atom. The first-order valence-corrected chi connectivity index (χ1v) is 9.32. The van der Waals surface area contributed by atoms with Gasteiger partial charge in [-0.2, -0.15) is 5.10 Å². The smallest absolute Gasteiger partial charge is 0.242 e. The third-order valence-electron chi connectivity index (χ3n) is 3.30. The van der Waals surface area contributed by atoms with Crippen LogP contribution in [-0.4, -0.2) is 18.2 Å². The maximum Gasteiger partial charge on any atom is 0.242 e. The first-order chi connectivity index (χ1) is 9.76. The third kappa shape index (κ3) is 3.37. The van der Waals surface area contributed by atoms with Gasteiger partial charge in [-0.3, -0.25) is 4.68 Å². The Bertz CT molecular complexity index is 765. The summed E-state index contributed by atoms with van der Waals surface area (Å²) >= 11 is 4.61. The molecule has 0 aliphatic heterocycles. The fourth-order valence-electron chi connectivity index (χ4n) is 2.00. The van der Waals surface area contributed by atoms with Gasteiger partial charge in [0.15, 0.2) is 0 Å². The molecule has 0 radical (unpaired) electrons. The van der Waals surface area contributed by atoms with Gasteiger partial charge in [-0.1, -0.05) is 0 Å². The number of hydrogen-bond donors (Lipinski definition) is 2. The van der Waals surface area contributed by atoms with E-state index in [0.717, 1.165) is 21.8 Å². The molecule has 2 aromatic heterocycles. The van der Waals surface area contributed by atoms with Crippen LogP contribution in [0.25, 0.3) is 0 Å². The van der Waals surface area contributed by atoms with Crippen molar-refractivity contribution in [3.63, 3.8) is 0 Å². The molecule has 0 aliphatic rings. The van der Waals surface area contributed by atoms with E-state index in [4.69, 9.17) is 5.73 Å². The van der Waals surface area contributed by atoms with Gasteiger partial charge in [0, 0.05) is 36.3 Å². The summed E-state index contributed by atoms with van der Waals surface area (Å²) in [6.07, 6.45) is 0. The molecule has 3 N–H and O–H groups in total. The predicted octanol–water partition coefficient (Wildman–Crippen LogP) is 1.80. The Kier molecular flexibility index (Phi) is 4.89. The SMILES string of the molecule is Cc1nn(C)c(C)c1CNS(=O)(=O)c1cc(CN)sc1Br. The maximum atomic E-state index is 12.4. The molecule has 6 nitrogen and oxygen atoms in total. The van der Waals surface area contributed by atoms with Crippen LogP contribution in [0.5, 0.6) is 0 Å². The molecular weight excluding hydrogens is 376 g/mol. The summed E-state index contributed by atoms with van der Waals surface area (Å²) in [6, 6.07) is 1.60. The van der Waals surface area contributed by atoms with Crippen molar-refractivity contribution < 1.29 is 8.42 Å². The van der Waals surface area contributed by atoms with Crippen LogP contribution in [0.1, 0.15) is 21.8 Å². The number of thiophene rings is 1. The second-order valence-corrected chi connectivity index (χ2v) is 8.84. The van der Waals surface area contributed by atoms with Gasteiger partial charge in [-0.05, 0) is 35.8 Å². The van der Waals surface area contributed by atoms with E-state index in [1.165, 1.54) is 11.3 Å². The highest BCUT2D eigenvalue weighted by molar-refractivity contribution is 9.11. The van der Waals surface area contributed by atoms with Crippen molar-refractivity contribution in [2.75, 3.05) is 0 Å². The summed E-state index contributed by atoms with van der Waals surface area (Å²) in [5, 5.41) is 4.28. The summed E-state index contributed by atoms with van der Waals surface area (Å²) in [6.45, 7) is 4.31. The van der Waals surface area contributed by atoms with Crippen LogP contribution in [0.3, 0.4) is 0 Å². The average Bonchev–Trinajstić information content (AvgIpc) is 2.90. The summed E-state index contributed by atoms with van der Waals surface area (Å²) in [4.78, 5) is 1.04. The number of rotatable bonds is 5. The van der Waals surface area contributed by atoms with E-state index in [1.807, 2.05) is 20.9 Å². The second-order valence-electron chi connectivity index (χ2n) is 4.65. The van der Waals surface area contributed by atoms with Crippen molar-refractivity contribution >= 4 is 37.3 Å². The molecule has 0 fully saturated rings. The number of sulfonamides is 1. The third-order valence-corrected chi connectivity index (χ3v) is 6.97. The van der Waals surface area contributed by atoms with E-state index >= 15 is 0 Å². The fraction of sp³-hybridized carbons (Fsp3) is 0.417. The molecule has 116 valence electrons. The molecule has 0 aromatic carbocycles. The molecule has 21 heavy (non-hydrogen) atoms. The minimum atomic E-state index is -3.58. The maximum absolute atomic E-state index is 12.4. The fourth-order valence-corrected chi connectivity index (χ4v) is 5.55. The highest BCUT2D eigenvalue weighted by atomic mass is 79.9. The number of hydrogen-bond acceptors (Lipinski definition) is 5. The zero-order chi connectivity index (χ0) is 15.8. The van der Waals surface area contributed by atoms with Crippen LogP contribution in [0.4, 0.5) is 0 Å². The Morgan fingerprint density at radius 3 is 2.62 bits per heavy atom. The lowest BCUT2D eigenvalue weighted by molar-refractivity contribution is 0.581. The van der Waals surface area contributed by atoms with Gasteiger partial charge in [-0.25, -0.2) is 13.1 Å². The molecule has 2 rings (SSSR count). The van der Waals surface area contributed by atoms with E-state index < -0.39 is 10.0 Å². The zero-order valence-corrected chi connectivity index (χ0v) is 15.2. The van der Waals surface area contributed by atoms with E-state index in [0.29, 0.717) is 10.3 Å². The van der Waals surface area contributed by atoms with Gasteiger partial charge in [0.05, 0.1) is 9.48 Å². The quantitative estimate of drug-likeness (QED) is 0.811. The van der Waals surface area contributed by atoms with E-state index in [-0.39, 0.29) is 11.4 Å². The van der Waals surface area contributed by atoms with Crippen LogP contribution in [0, 0.1) is 13.8 Å². The normalized spacial score (nSPS) is 12.0. The number of nitrogens with zero attached hydrogens (tertiary/aromatic N) is 2. The molecule has 0 atom stereocenters. The summed E-state index contributed by atoms with van der Waals surface area (Å²) in [5.74, 6) is 0. The van der Waals surface area contributed by atoms with Crippen molar-refractivity contribution in [1.29, 1.82) is 0 Å². The Balaban J connectivity index is 2.23. The van der Waals surface area contributed by atoms with Gasteiger partial charge < -0.3 is 5.73 Å². The molecule has 0 amide bonds. The number of aryl methyl sites for hydroxylation is 2. The molecule has 0 unspecified atom stereocenters. The lowest BCUT2D eigenvalue weighted by Crippen LogP contribution is -2.23. The molecule has 2 heterocycles. The summed E-state index contributed by atoms with van der Waals surface area (Å²) in [7, 11) is -1.75. The predicted molar refractivity (Wildman–Crippen MR) is 86.6 cm³/mol. The lowest BCUT2D eigenvalue weighted by Gasteiger charge is -2.06. The zero-order valence-electron chi connectivity index (χ0n) is 12.0. The largest absolute Gasteiger partial charge is 0.326 e. The van der Waals surface area contributed by atoms with E-state index in [2.05, 4.69) is 25.8 Å². The monoisotopic (exact) mass is 392 g/mol. The Morgan fingerprint density at radius 1 is 1.48 bits per heavy atom. The second kappa shape index (κ2) is 6.17. The first kappa shape index (κ1) is 16.6. The number of nitrogens with one attached hydrogen (secondary N) is 1. The topological polar surface area (TPSA) is 90.0 Å². The van der Waals surface area contributed by atoms with E-state index in [1.54, 1.807) is 10.7 Å². The summed E-state index contributed by atoms with van der Waals surface area (Å²) < 4.78 is 29.7. The van der Waals surface area contributed by atoms with Crippen molar-refractivity contribution in [3.05, 3.63) is 31.7 Å². The Hall–Kier alpha value is -0.740.